The Morgan fingerprint density at radius 1 is 1.11 bits per heavy atom. The van der Waals surface area contributed by atoms with Crippen molar-refractivity contribution in [2.45, 2.75) is 16.5 Å². The molecule has 7 nitrogen and oxygen atoms in total. The van der Waals surface area contributed by atoms with Gasteiger partial charge in [-0.3, -0.25) is 9.59 Å². The molecule has 3 heterocycles. The number of anilines is 1. The minimum absolute atomic E-state index is 0.0993. The van der Waals surface area contributed by atoms with Gasteiger partial charge in [0.05, 0.1) is 10.3 Å². The summed E-state index contributed by atoms with van der Waals surface area (Å²) in [7, 11) is -3.61. The largest absolute Gasteiger partial charge is 0.340 e. The van der Waals surface area contributed by atoms with Crippen molar-refractivity contribution in [3.63, 3.8) is 0 Å². The summed E-state index contributed by atoms with van der Waals surface area (Å²) in [6.07, 6.45) is 0.0993. The number of para-hydroxylation sites is 1. The van der Waals surface area contributed by atoms with Gasteiger partial charge in [-0.1, -0.05) is 29.8 Å². The number of sulfonamides is 1. The number of rotatable bonds is 3. The van der Waals surface area contributed by atoms with Crippen molar-refractivity contribution in [1.82, 2.24) is 9.21 Å². The summed E-state index contributed by atoms with van der Waals surface area (Å²) in [5, 5.41) is 2.79. The van der Waals surface area contributed by atoms with Crippen molar-refractivity contribution >= 4 is 50.5 Å². The molecule has 1 N–H and O–H groups in total. The number of benzene rings is 1. The Hall–Kier alpha value is -1.94. The maximum atomic E-state index is 13.1. The van der Waals surface area contributed by atoms with Crippen LogP contribution >= 0.6 is 22.9 Å². The molecular weight excluding hydrogens is 422 g/mol. The lowest BCUT2D eigenvalue weighted by atomic mass is 9.89. The normalized spacial score (nSPS) is 20.5. The highest BCUT2D eigenvalue weighted by atomic mass is 35.5. The first-order valence-corrected chi connectivity index (χ1v) is 11.4. The molecule has 148 valence electrons. The average molecular weight is 440 g/mol. The number of nitrogens with one attached hydrogen (secondary N) is 1. The lowest BCUT2D eigenvalue weighted by molar-refractivity contribution is -0.136. The molecule has 2 aliphatic rings. The van der Waals surface area contributed by atoms with Gasteiger partial charge >= 0.3 is 0 Å². The van der Waals surface area contributed by atoms with Crippen molar-refractivity contribution in [3.8, 4) is 0 Å². The van der Waals surface area contributed by atoms with Gasteiger partial charge in [-0.2, -0.15) is 4.31 Å². The van der Waals surface area contributed by atoms with E-state index in [1.807, 2.05) is 18.2 Å². The molecule has 4 rings (SSSR count). The highest BCUT2D eigenvalue weighted by molar-refractivity contribution is 7.91. The van der Waals surface area contributed by atoms with E-state index in [0.717, 1.165) is 16.9 Å². The first-order valence-electron chi connectivity index (χ1n) is 8.79. The number of hydrogen-bond acceptors (Lipinski definition) is 5. The van der Waals surface area contributed by atoms with Gasteiger partial charge in [-0.05, 0) is 23.8 Å². The fourth-order valence-corrected chi connectivity index (χ4v) is 6.62. The molecule has 2 aromatic rings. The van der Waals surface area contributed by atoms with Crippen molar-refractivity contribution < 1.29 is 18.0 Å². The molecule has 0 aliphatic carbocycles. The van der Waals surface area contributed by atoms with Gasteiger partial charge in [-0.15, -0.1) is 11.3 Å². The molecule has 2 amide bonds. The van der Waals surface area contributed by atoms with Crippen LogP contribution in [0.4, 0.5) is 5.69 Å². The fourth-order valence-electron chi connectivity index (χ4n) is 3.56. The maximum absolute atomic E-state index is 13.1. The van der Waals surface area contributed by atoms with Gasteiger partial charge in [0.2, 0.25) is 11.8 Å². The monoisotopic (exact) mass is 439 g/mol. The van der Waals surface area contributed by atoms with E-state index in [-0.39, 0.29) is 48.6 Å². The van der Waals surface area contributed by atoms with Crippen molar-refractivity contribution in [3.05, 3.63) is 46.3 Å². The number of piperazine rings is 1. The van der Waals surface area contributed by atoms with E-state index in [0.29, 0.717) is 10.0 Å². The molecule has 10 heteroatoms. The van der Waals surface area contributed by atoms with Crippen LogP contribution in [0.25, 0.3) is 0 Å². The minimum atomic E-state index is -3.61. The first-order chi connectivity index (χ1) is 13.4. The Labute approximate surface area is 171 Å². The number of amides is 2. The molecule has 1 unspecified atom stereocenters. The number of hydrogen-bond donors (Lipinski definition) is 1. The van der Waals surface area contributed by atoms with Crippen molar-refractivity contribution in [1.29, 1.82) is 0 Å². The quantitative estimate of drug-likeness (QED) is 0.795. The van der Waals surface area contributed by atoms with Gasteiger partial charge in [0.15, 0.2) is 0 Å². The van der Waals surface area contributed by atoms with Crippen LogP contribution in [0.1, 0.15) is 17.9 Å². The zero-order valence-corrected chi connectivity index (χ0v) is 17.2. The van der Waals surface area contributed by atoms with E-state index < -0.39 is 15.9 Å². The van der Waals surface area contributed by atoms with Crippen LogP contribution in [0.3, 0.4) is 0 Å². The molecule has 1 saturated heterocycles. The van der Waals surface area contributed by atoms with Crippen LogP contribution in [0.5, 0.6) is 0 Å². The van der Waals surface area contributed by atoms with E-state index in [2.05, 4.69) is 5.32 Å². The van der Waals surface area contributed by atoms with E-state index >= 15 is 0 Å². The van der Waals surface area contributed by atoms with Crippen molar-refractivity contribution in [2.75, 3.05) is 31.5 Å². The number of halogens is 1. The van der Waals surface area contributed by atoms with Crippen LogP contribution in [0, 0.1) is 0 Å². The standard InChI is InChI=1S/C18H18ClN3O4S2/c19-15-5-6-17(27-15)28(25,26)22-9-7-21(8-10-22)18(24)13-11-16(23)20-14-4-2-1-3-12(13)14/h1-6,13H,7-11H2,(H,20,23). The van der Waals surface area contributed by atoms with E-state index in [9.17, 15) is 18.0 Å². The average Bonchev–Trinajstić information content (AvgIpc) is 3.14. The smallest absolute Gasteiger partial charge is 0.252 e. The van der Waals surface area contributed by atoms with Gasteiger partial charge in [0, 0.05) is 38.3 Å². The van der Waals surface area contributed by atoms with Gasteiger partial charge in [-0.25, -0.2) is 8.42 Å². The third kappa shape index (κ3) is 3.55. The number of nitrogens with zero attached hydrogens (tertiary/aromatic N) is 2. The van der Waals surface area contributed by atoms with Gasteiger partial charge in [0.25, 0.3) is 10.0 Å². The molecule has 1 aromatic carbocycles. The SMILES string of the molecule is O=C1CC(C(=O)N2CCN(S(=O)(=O)c3ccc(Cl)s3)CC2)c2ccccc2N1. The molecule has 2 aliphatic heterocycles. The number of carbonyl (C=O) groups excluding carboxylic acids is 2. The Morgan fingerprint density at radius 2 is 1.82 bits per heavy atom. The van der Waals surface area contributed by atoms with Crippen LogP contribution < -0.4 is 5.32 Å². The van der Waals surface area contributed by atoms with Crippen LogP contribution in [-0.2, 0) is 19.6 Å². The highest BCUT2D eigenvalue weighted by Gasteiger charge is 2.36. The summed E-state index contributed by atoms with van der Waals surface area (Å²) >= 11 is 6.88. The maximum Gasteiger partial charge on any atom is 0.252 e. The lowest BCUT2D eigenvalue weighted by Gasteiger charge is -2.36. The van der Waals surface area contributed by atoms with E-state index in [1.165, 1.54) is 10.4 Å². The molecular formula is C18H18ClN3O4S2. The Bertz CT molecular complexity index is 1030. The van der Waals surface area contributed by atoms with Gasteiger partial charge < -0.3 is 10.2 Å². The summed E-state index contributed by atoms with van der Waals surface area (Å²) < 4.78 is 27.4. The van der Waals surface area contributed by atoms with Crippen LogP contribution in [-0.4, -0.2) is 55.6 Å². The number of carbonyl (C=O) groups is 2. The lowest BCUT2D eigenvalue weighted by Crippen LogP contribution is -2.52. The summed E-state index contributed by atoms with van der Waals surface area (Å²) in [5.74, 6) is -0.865. The summed E-state index contributed by atoms with van der Waals surface area (Å²) in [4.78, 5) is 26.7. The summed E-state index contributed by atoms with van der Waals surface area (Å²) in [6.45, 7) is 1.00. The highest BCUT2D eigenvalue weighted by Crippen LogP contribution is 2.34. The zero-order valence-electron chi connectivity index (χ0n) is 14.8. The number of fused-ring (bicyclic) bond motifs is 1. The first kappa shape index (κ1) is 19.4. The predicted octanol–water partition coefficient (Wildman–Crippen LogP) is 2.36. The second-order valence-corrected chi connectivity index (χ2v) is 10.6. The predicted molar refractivity (Wildman–Crippen MR) is 107 cm³/mol. The fraction of sp³-hybridized carbons (Fsp3) is 0.333. The van der Waals surface area contributed by atoms with E-state index in [1.54, 1.807) is 17.0 Å². The Morgan fingerprint density at radius 3 is 2.50 bits per heavy atom. The minimum Gasteiger partial charge on any atom is -0.340 e. The Balaban J connectivity index is 1.47. The third-order valence-corrected chi connectivity index (χ3v) is 8.59. The molecule has 0 bridgehead atoms. The topological polar surface area (TPSA) is 86.8 Å². The van der Waals surface area contributed by atoms with Crippen molar-refractivity contribution in [2.24, 2.45) is 0 Å². The van der Waals surface area contributed by atoms with E-state index in [4.69, 9.17) is 11.6 Å². The Kier molecular flexibility index (Phi) is 5.17. The molecule has 0 spiro atoms. The third-order valence-electron chi connectivity index (χ3n) is 4.99. The molecule has 0 radical (unpaired) electrons. The molecule has 1 atom stereocenters. The molecule has 0 saturated carbocycles. The van der Waals surface area contributed by atoms with Gasteiger partial charge in [0.1, 0.15) is 4.21 Å². The number of thiophene rings is 1. The molecule has 1 aromatic heterocycles. The van der Waals surface area contributed by atoms with Crippen LogP contribution in [0.15, 0.2) is 40.6 Å². The second-order valence-electron chi connectivity index (χ2n) is 6.68. The molecule has 1 fully saturated rings. The summed E-state index contributed by atoms with van der Waals surface area (Å²) in [6, 6.07) is 10.3. The molecule has 28 heavy (non-hydrogen) atoms. The van der Waals surface area contributed by atoms with Crippen LogP contribution in [0.2, 0.25) is 4.34 Å². The summed E-state index contributed by atoms with van der Waals surface area (Å²) in [5.41, 5.74) is 1.46. The second kappa shape index (κ2) is 7.47. The zero-order chi connectivity index (χ0) is 19.9.